The van der Waals surface area contributed by atoms with Gasteiger partial charge in [0.1, 0.15) is 6.10 Å². The molecule has 1 aliphatic rings. The van der Waals surface area contributed by atoms with Crippen LogP contribution in [0.15, 0.2) is 110 Å². The van der Waals surface area contributed by atoms with Gasteiger partial charge in [0.2, 0.25) is 11.8 Å². The monoisotopic (exact) mass is 666 g/mol. The number of ether oxygens (including phenoxy) is 2. The van der Waals surface area contributed by atoms with E-state index in [0.717, 1.165) is 35.1 Å². The number of methoxy groups -OCH3 is 1. The Balaban J connectivity index is 1.54. The topological polar surface area (TPSA) is 105 Å². The molecule has 0 spiro atoms. The third-order valence-corrected chi connectivity index (χ3v) is 9.16. The number of nitrogens with zero attached hydrogens (tertiary/aromatic N) is 1. The molecule has 0 saturated carbocycles. The largest absolute Gasteiger partial charge is 0.455 e. The van der Waals surface area contributed by atoms with E-state index in [1.807, 2.05) is 91.0 Å². The second kappa shape index (κ2) is 19.5. The van der Waals surface area contributed by atoms with Crippen molar-refractivity contribution in [3.8, 4) is 0 Å². The van der Waals surface area contributed by atoms with E-state index in [4.69, 9.17) is 9.47 Å². The van der Waals surface area contributed by atoms with Crippen LogP contribution in [0.25, 0.3) is 0 Å². The quantitative estimate of drug-likeness (QED) is 0.0905. The first kappa shape index (κ1) is 37.3. The summed E-state index contributed by atoms with van der Waals surface area (Å²) in [5, 5.41) is 13.2. The lowest BCUT2D eigenvalue weighted by Gasteiger charge is -2.37. The van der Waals surface area contributed by atoms with Gasteiger partial charge in [-0.1, -0.05) is 97.1 Å². The zero-order valence-corrected chi connectivity index (χ0v) is 28.5. The second-order valence-electron chi connectivity index (χ2n) is 12.7. The summed E-state index contributed by atoms with van der Waals surface area (Å²) in [5.74, 6) is -2.05. The highest BCUT2D eigenvalue weighted by molar-refractivity contribution is 5.86. The van der Waals surface area contributed by atoms with Crippen LogP contribution in [-0.4, -0.2) is 60.2 Å². The Bertz CT molecular complexity index is 1510. The summed E-state index contributed by atoms with van der Waals surface area (Å²) in [6.45, 7) is 7.94. The maximum Gasteiger partial charge on any atom is 0.309 e. The highest BCUT2D eigenvalue weighted by Gasteiger charge is 2.35. The molecular formula is C41H50N2O6. The molecule has 0 aromatic heterocycles. The van der Waals surface area contributed by atoms with Gasteiger partial charge >= 0.3 is 5.97 Å². The van der Waals surface area contributed by atoms with Crippen molar-refractivity contribution >= 4 is 17.8 Å². The highest BCUT2D eigenvalue weighted by Crippen LogP contribution is 2.28. The summed E-state index contributed by atoms with van der Waals surface area (Å²) in [7, 11) is 1.53. The van der Waals surface area contributed by atoms with E-state index in [2.05, 4.69) is 18.5 Å². The van der Waals surface area contributed by atoms with Gasteiger partial charge in [0.05, 0.1) is 37.1 Å². The molecule has 1 aliphatic heterocycles. The molecule has 5 atom stereocenters. The van der Waals surface area contributed by atoms with Crippen molar-refractivity contribution in [3.05, 3.63) is 132 Å². The van der Waals surface area contributed by atoms with Crippen molar-refractivity contribution in [1.29, 1.82) is 0 Å². The maximum absolute atomic E-state index is 14.0. The first-order valence-electron chi connectivity index (χ1n) is 17.2. The molecule has 8 nitrogen and oxygen atoms in total. The Morgan fingerprint density at radius 3 is 2.27 bits per heavy atom. The summed E-state index contributed by atoms with van der Waals surface area (Å²) >= 11 is 0. The average Bonchev–Trinajstić information content (AvgIpc) is 3.13. The van der Waals surface area contributed by atoms with Crippen LogP contribution in [0.2, 0.25) is 0 Å². The number of allylic oxidation sites excluding steroid dienone is 2. The third kappa shape index (κ3) is 10.7. The number of nitrogens with one attached hydrogen (secondary N) is 1. The van der Waals surface area contributed by atoms with Gasteiger partial charge in [0.25, 0.3) is 0 Å². The standard InChI is InChI=1S/C41H50N2O6/c1-4-6-9-22-34(24-30-17-10-7-11-18-30)41(47)49-39(31-19-12-8-13-20-31)37(29-48-3)42-40(46)33(16-5-2)26-38(45)43-27-35-23-15-14-21-32(35)25-36(43)28-44/h4-5,7-8,10-15,17-21,23,33-34,36-37,39,44H,1-2,6,9,16,22,24-29H2,3H3,(H,42,46)/t33-,34+,36-,37-,39-/m0/s1. The van der Waals surface area contributed by atoms with Gasteiger partial charge in [-0.25, -0.2) is 0 Å². The van der Waals surface area contributed by atoms with Crippen LogP contribution in [-0.2, 0) is 43.2 Å². The third-order valence-electron chi connectivity index (χ3n) is 9.16. The Morgan fingerprint density at radius 2 is 1.61 bits per heavy atom. The zero-order valence-electron chi connectivity index (χ0n) is 28.5. The normalized spacial score (nSPS) is 16.4. The van der Waals surface area contributed by atoms with Crippen molar-refractivity contribution in [2.45, 2.75) is 69.7 Å². The maximum atomic E-state index is 14.0. The minimum Gasteiger partial charge on any atom is -0.455 e. The summed E-state index contributed by atoms with van der Waals surface area (Å²) in [6.07, 6.45) is 6.13. The number of benzene rings is 3. The first-order chi connectivity index (χ1) is 23.9. The Hall–Kier alpha value is -4.53. The van der Waals surface area contributed by atoms with E-state index in [1.165, 1.54) is 7.11 Å². The highest BCUT2D eigenvalue weighted by atomic mass is 16.5. The first-order valence-corrected chi connectivity index (χ1v) is 17.2. The number of aliphatic hydroxyl groups is 1. The van der Waals surface area contributed by atoms with E-state index in [1.54, 1.807) is 11.0 Å². The van der Waals surface area contributed by atoms with Gasteiger partial charge < -0.3 is 24.8 Å². The number of hydrogen-bond donors (Lipinski definition) is 2. The fourth-order valence-electron chi connectivity index (χ4n) is 6.50. The zero-order chi connectivity index (χ0) is 35.0. The van der Waals surface area contributed by atoms with Crippen molar-refractivity contribution < 1.29 is 29.0 Å². The van der Waals surface area contributed by atoms with Crippen molar-refractivity contribution in [2.24, 2.45) is 11.8 Å². The number of carbonyl (C=O) groups is 3. The van der Waals surface area contributed by atoms with Crippen LogP contribution >= 0.6 is 0 Å². The molecule has 2 amide bonds. The molecule has 2 N–H and O–H groups in total. The predicted octanol–water partition coefficient (Wildman–Crippen LogP) is 6.15. The van der Waals surface area contributed by atoms with E-state index in [0.29, 0.717) is 25.8 Å². The number of hydrogen-bond acceptors (Lipinski definition) is 6. The van der Waals surface area contributed by atoms with Crippen LogP contribution < -0.4 is 5.32 Å². The van der Waals surface area contributed by atoms with Crippen LogP contribution in [0.4, 0.5) is 0 Å². The van der Waals surface area contributed by atoms with Crippen molar-refractivity contribution in [1.82, 2.24) is 10.2 Å². The minimum atomic E-state index is -0.840. The number of carbonyl (C=O) groups excluding carboxylic acids is 3. The van der Waals surface area contributed by atoms with E-state index in [9.17, 15) is 19.5 Å². The molecule has 0 bridgehead atoms. The van der Waals surface area contributed by atoms with Crippen LogP contribution in [0.3, 0.4) is 0 Å². The molecule has 260 valence electrons. The van der Waals surface area contributed by atoms with Crippen molar-refractivity contribution in [3.63, 3.8) is 0 Å². The molecule has 3 aromatic carbocycles. The number of amides is 2. The van der Waals surface area contributed by atoms with Gasteiger partial charge in [-0.05, 0) is 60.8 Å². The number of aliphatic hydroxyl groups excluding tert-OH is 1. The molecule has 8 heteroatoms. The van der Waals surface area contributed by atoms with Crippen LogP contribution in [0.1, 0.15) is 60.5 Å². The van der Waals surface area contributed by atoms with Crippen LogP contribution in [0, 0.1) is 11.8 Å². The van der Waals surface area contributed by atoms with Gasteiger partial charge in [-0.3, -0.25) is 14.4 Å². The predicted molar refractivity (Wildman–Crippen MR) is 191 cm³/mol. The summed E-state index contributed by atoms with van der Waals surface area (Å²) in [5.41, 5.74) is 3.91. The second-order valence-corrected chi connectivity index (χ2v) is 12.7. The Kier molecular flexibility index (Phi) is 14.8. The fourth-order valence-corrected chi connectivity index (χ4v) is 6.50. The van der Waals surface area contributed by atoms with Gasteiger partial charge in [0, 0.05) is 20.1 Å². The lowest BCUT2D eigenvalue weighted by molar-refractivity contribution is -0.158. The minimum absolute atomic E-state index is 0.0610. The molecule has 0 fully saturated rings. The lowest BCUT2D eigenvalue weighted by atomic mass is 9.92. The smallest absolute Gasteiger partial charge is 0.309 e. The summed E-state index contributed by atoms with van der Waals surface area (Å²) in [6, 6.07) is 26.0. The molecule has 49 heavy (non-hydrogen) atoms. The fraction of sp³-hybridized carbons (Fsp3) is 0.390. The summed E-state index contributed by atoms with van der Waals surface area (Å²) in [4.78, 5) is 43.3. The summed E-state index contributed by atoms with van der Waals surface area (Å²) < 4.78 is 11.9. The molecular weight excluding hydrogens is 616 g/mol. The number of fused-ring (bicyclic) bond motifs is 1. The molecule has 4 rings (SSSR count). The van der Waals surface area contributed by atoms with Crippen molar-refractivity contribution in [2.75, 3.05) is 20.3 Å². The molecule has 0 aliphatic carbocycles. The molecule has 0 unspecified atom stereocenters. The SMILES string of the molecule is C=CCCC[C@H](Cc1ccccc1)C(=O)O[C@@H](c1ccccc1)[C@H](COC)NC(=O)[C@@H](CC=C)CC(=O)N1Cc2ccccc2C[C@H]1CO. The number of esters is 1. The molecule has 0 radical (unpaired) electrons. The van der Waals surface area contributed by atoms with Gasteiger partial charge in [-0.2, -0.15) is 0 Å². The molecule has 3 aromatic rings. The van der Waals surface area contributed by atoms with Gasteiger partial charge in [0.15, 0.2) is 0 Å². The van der Waals surface area contributed by atoms with E-state index >= 15 is 0 Å². The van der Waals surface area contributed by atoms with Gasteiger partial charge in [-0.15, -0.1) is 13.2 Å². The Morgan fingerprint density at radius 1 is 0.939 bits per heavy atom. The lowest BCUT2D eigenvalue weighted by Crippen LogP contribution is -2.49. The Labute approximate surface area is 290 Å². The van der Waals surface area contributed by atoms with E-state index in [-0.39, 0.29) is 49.9 Å². The average molecular weight is 667 g/mol. The molecule has 0 saturated heterocycles. The number of rotatable bonds is 19. The van der Waals surface area contributed by atoms with Crippen LogP contribution in [0.5, 0.6) is 0 Å². The van der Waals surface area contributed by atoms with E-state index < -0.39 is 24.0 Å². The molecule has 1 heterocycles. The number of unbranched alkanes of at least 4 members (excludes halogenated alkanes) is 1.